The van der Waals surface area contributed by atoms with Crippen LogP contribution >= 0.6 is 0 Å². The number of nitrogens with zero attached hydrogens (tertiary/aromatic N) is 1. The fraction of sp³-hybridized carbons (Fsp3) is 1.00. The Morgan fingerprint density at radius 3 is 2.29 bits per heavy atom. The first-order chi connectivity index (χ1) is 9.78. The van der Waals surface area contributed by atoms with Crippen LogP contribution in [0, 0.1) is 11.8 Å². The van der Waals surface area contributed by atoms with Crippen molar-refractivity contribution < 1.29 is 8.42 Å². The van der Waals surface area contributed by atoms with Crippen molar-refractivity contribution in [3.8, 4) is 0 Å². The number of sulfone groups is 1. The molecule has 1 N–H and O–H groups in total. The van der Waals surface area contributed by atoms with Crippen LogP contribution in [-0.4, -0.2) is 55.5 Å². The second kappa shape index (κ2) is 5.50. The fourth-order valence-electron chi connectivity index (χ4n) is 4.66. The van der Waals surface area contributed by atoms with Crippen molar-refractivity contribution in [1.29, 1.82) is 0 Å². The molecule has 2 heterocycles. The van der Waals surface area contributed by atoms with Gasteiger partial charge in [-0.15, -0.1) is 0 Å². The molecule has 0 spiro atoms. The van der Waals surface area contributed by atoms with Gasteiger partial charge in [-0.2, -0.15) is 0 Å². The first kappa shape index (κ1) is 15.8. The normalized spacial score (nSPS) is 43.3. The van der Waals surface area contributed by atoms with Crippen LogP contribution < -0.4 is 5.32 Å². The van der Waals surface area contributed by atoms with Crippen LogP contribution in [0.2, 0.25) is 0 Å². The second-order valence-corrected chi connectivity index (χ2v) is 10.3. The molecule has 1 saturated carbocycles. The van der Waals surface area contributed by atoms with Crippen molar-refractivity contribution in [1.82, 2.24) is 10.2 Å². The highest BCUT2D eigenvalue weighted by atomic mass is 32.2. The van der Waals surface area contributed by atoms with Gasteiger partial charge in [-0.25, -0.2) is 8.42 Å². The number of piperidine rings is 1. The molecule has 3 aliphatic rings. The predicted octanol–water partition coefficient (Wildman–Crippen LogP) is 1.66. The van der Waals surface area contributed by atoms with Crippen LogP contribution in [0.15, 0.2) is 0 Å². The van der Waals surface area contributed by atoms with Crippen molar-refractivity contribution in [3.63, 3.8) is 0 Å². The van der Waals surface area contributed by atoms with E-state index >= 15 is 0 Å². The van der Waals surface area contributed by atoms with Gasteiger partial charge in [0.15, 0.2) is 9.84 Å². The predicted molar refractivity (Wildman–Crippen MR) is 86.1 cm³/mol. The van der Waals surface area contributed by atoms with Crippen molar-refractivity contribution in [2.45, 2.75) is 64.1 Å². The molecule has 122 valence electrons. The lowest BCUT2D eigenvalue weighted by atomic mass is 9.72. The van der Waals surface area contributed by atoms with E-state index < -0.39 is 9.84 Å². The highest BCUT2D eigenvalue weighted by Gasteiger charge is 2.46. The summed E-state index contributed by atoms with van der Waals surface area (Å²) >= 11 is 0. The van der Waals surface area contributed by atoms with E-state index in [1.165, 1.54) is 32.4 Å². The van der Waals surface area contributed by atoms with Crippen LogP contribution in [0.3, 0.4) is 0 Å². The minimum atomic E-state index is -2.83. The van der Waals surface area contributed by atoms with E-state index in [0.29, 0.717) is 35.4 Å². The lowest BCUT2D eigenvalue weighted by Crippen LogP contribution is -2.63. The molecule has 3 unspecified atom stereocenters. The van der Waals surface area contributed by atoms with Gasteiger partial charge in [0.25, 0.3) is 0 Å². The third kappa shape index (κ3) is 3.30. The van der Waals surface area contributed by atoms with Gasteiger partial charge in [0.1, 0.15) is 0 Å². The lowest BCUT2D eigenvalue weighted by Gasteiger charge is -2.51. The summed E-state index contributed by atoms with van der Waals surface area (Å²) in [6.07, 6.45) is 4.70. The summed E-state index contributed by atoms with van der Waals surface area (Å²) in [4.78, 5) is 2.61. The van der Waals surface area contributed by atoms with E-state index in [1.807, 2.05) is 0 Å². The third-order valence-corrected chi connectivity index (χ3v) is 7.76. The highest BCUT2D eigenvalue weighted by molar-refractivity contribution is 7.91. The molecule has 2 bridgehead atoms. The molecule has 0 aromatic heterocycles. The van der Waals surface area contributed by atoms with E-state index in [0.717, 1.165) is 6.42 Å². The average molecular weight is 314 g/mol. The van der Waals surface area contributed by atoms with Gasteiger partial charge < -0.3 is 10.2 Å². The van der Waals surface area contributed by atoms with Gasteiger partial charge in [0.05, 0.1) is 11.5 Å². The molecule has 0 aromatic rings. The van der Waals surface area contributed by atoms with Crippen LogP contribution in [0.1, 0.15) is 46.5 Å². The van der Waals surface area contributed by atoms with Crippen molar-refractivity contribution in [3.05, 3.63) is 0 Å². The summed E-state index contributed by atoms with van der Waals surface area (Å²) < 4.78 is 23.7. The smallest absolute Gasteiger partial charge is 0.152 e. The second-order valence-electron chi connectivity index (χ2n) is 8.07. The zero-order valence-corrected chi connectivity index (χ0v) is 14.5. The summed E-state index contributed by atoms with van der Waals surface area (Å²) in [6, 6.07) is 1.14. The largest absolute Gasteiger partial charge is 0.307 e. The minimum absolute atomic E-state index is 0.197. The Hall–Kier alpha value is -0.130. The van der Waals surface area contributed by atoms with Crippen LogP contribution in [-0.2, 0) is 9.84 Å². The van der Waals surface area contributed by atoms with E-state index in [2.05, 4.69) is 31.0 Å². The van der Waals surface area contributed by atoms with Gasteiger partial charge >= 0.3 is 0 Å². The number of likely N-dealkylation sites (tertiary alicyclic amines) is 1. The van der Waals surface area contributed by atoms with Crippen LogP contribution in [0.5, 0.6) is 0 Å². The molecule has 2 aliphatic heterocycles. The molecule has 4 nitrogen and oxygen atoms in total. The van der Waals surface area contributed by atoms with Crippen molar-refractivity contribution in [2.24, 2.45) is 11.8 Å². The maximum Gasteiger partial charge on any atom is 0.152 e. The Morgan fingerprint density at radius 1 is 1.19 bits per heavy atom. The third-order valence-electron chi connectivity index (χ3n) is 5.85. The molecule has 3 fully saturated rings. The van der Waals surface area contributed by atoms with Gasteiger partial charge in [0, 0.05) is 30.7 Å². The molecule has 0 aromatic carbocycles. The summed E-state index contributed by atoms with van der Waals surface area (Å²) in [5.41, 5.74) is -0.197. The zero-order chi connectivity index (χ0) is 15.3. The van der Waals surface area contributed by atoms with Gasteiger partial charge in [-0.05, 0) is 51.9 Å². The molecule has 0 amide bonds. The summed E-state index contributed by atoms with van der Waals surface area (Å²) in [6.45, 7) is 9.04. The van der Waals surface area contributed by atoms with Gasteiger partial charge in [-0.3, -0.25) is 0 Å². The van der Waals surface area contributed by atoms with E-state index in [9.17, 15) is 8.42 Å². The maximum atomic E-state index is 11.8. The molecule has 5 heteroatoms. The Bertz CT molecular complexity index is 477. The molecular weight excluding hydrogens is 284 g/mol. The monoisotopic (exact) mass is 314 g/mol. The van der Waals surface area contributed by atoms with E-state index in [1.54, 1.807) is 0 Å². The van der Waals surface area contributed by atoms with Crippen LogP contribution in [0.25, 0.3) is 0 Å². The lowest BCUT2D eigenvalue weighted by molar-refractivity contribution is 0.0190. The standard InChI is InChI=1S/C16H30N2O2S/c1-12(2)18-9-13-5-4-6-14(10-18)15(13)17-16(3)7-8-21(19,20)11-16/h12-15,17H,4-11H2,1-3H3. The zero-order valence-electron chi connectivity index (χ0n) is 13.6. The highest BCUT2D eigenvalue weighted by Crippen LogP contribution is 2.37. The molecule has 0 radical (unpaired) electrons. The average Bonchev–Trinajstić information content (AvgIpc) is 2.62. The molecule has 2 saturated heterocycles. The number of hydrogen-bond donors (Lipinski definition) is 1. The Morgan fingerprint density at radius 2 is 1.81 bits per heavy atom. The summed E-state index contributed by atoms with van der Waals surface area (Å²) in [5, 5.41) is 3.81. The Balaban J connectivity index is 1.71. The SMILES string of the molecule is CC(C)N1CC2CCCC(C1)C2NC1(C)CCS(=O)(=O)C1. The first-order valence-corrected chi connectivity index (χ1v) is 10.3. The Labute approximate surface area is 129 Å². The minimum Gasteiger partial charge on any atom is -0.307 e. The van der Waals surface area contributed by atoms with Crippen molar-refractivity contribution in [2.75, 3.05) is 24.6 Å². The van der Waals surface area contributed by atoms with E-state index in [-0.39, 0.29) is 5.54 Å². The van der Waals surface area contributed by atoms with Crippen molar-refractivity contribution >= 4 is 9.84 Å². The number of fused-ring (bicyclic) bond motifs is 2. The van der Waals surface area contributed by atoms with Gasteiger partial charge in [0.2, 0.25) is 0 Å². The summed E-state index contributed by atoms with van der Waals surface area (Å²) in [7, 11) is -2.83. The number of rotatable bonds is 3. The topological polar surface area (TPSA) is 49.4 Å². The van der Waals surface area contributed by atoms with E-state index in [4.69, 9.17) is 0 Å². The van der Waals surface area contributed by atoms with Crippen LogP contribution in [0.4, 0.5) is 0 Å². The Kier molecular flexibility index (Phi) is 4.13. The molecule has 3 rings (SSSR count). The molecular formula is C16H30N2O2S. The summed E-state index contributed by atoms with van der Waals surface area (Å²) in [5.74, 6) is 2.07. The molecule has 21 heavy (non-hydrogen) atoms. The quantitative estimate of drug-likeness (QED) is 0.861. The fourth-order valence-corrected chi connectivity index (χ4v) is 6.76. The molecule has 1 aliphatic carbocycles. The number of nitrogens with one attached hydrogen (secondary N) is 1. The number of hydrogen-bond acceptors (Lipinski definition) is 4. The molecule has 3 atom stereocenters. The first-order valence-electron chi connectivity index (χ1n) is 8.50. The maximum absolute atomic E-state index is 11.8. The van der Waals surface area contributed by atoms with Gasteiger partial charge in [-0.1, -0.05) is 6.42 Å².